The van der Waals surface area contributed by atoms with E-state index in [-0.39, 0.29) is 23.3 Å². The molecular formula is C23H27NO5S2. The summed E-state index contributed by atoms with van der Waals surface area (Å²) in [5.74, 6) is 0.255. The Kier molecular flexibility index (Phi) is 11.5. The van der Waals surface area contributed by atoms with E-state index in [1.807, 2.05) is 60.7 Å². The lowest BCUT2D eigenvalue weighted by Crippen LogP contribution is -2.33. The van der Waals surface area contributed by atoms with Crippen molar-refractivity contribution in [1.82, 2.24) is 5.32 Å². The molecule has 2 aromatic rings. The van der Waals surface area contributed by atoms with E-state index in [0.717, 1.165) is 17.3 Å². The molecule has 0 heterocycles. The Labute approximate surface area is 192 Å². The molecule has 0 saturated heterocycles. The molecule has 0 fully saturated rings. The molecule has 2 N–H and O–H groups in total. The summed E-state index contributed by atoms with van der Waals surface area (Å²) >= 11 is 6.47. The number of aliphatic carboxylic acids is 1. The molecule has 8 heteroatoms. The fourth-order valence-corrected chi connectivity index (χ4v) is 3.62. The van der Waals surface area contributed by atoms with E-state index in [1.165, 1.54) is 0 Å². The molecule has 0 radical (unpaired) electrons. The van der Waals surface area contributed by atoms with Gasteiger partial charge >= 0.3 is 5.97 Å². The Bertz CT molecular complexity index is 817. The van der Waals surface area contributed by atoms with Crippen molar-refractivity contribution < 1.29 is 24.2 Å². The minimum absolute atomic E-state index is 0.00172. The lowest BCUT2D eigenvalue weighted by molar-refractivity contribution is -0.137. The number of nitrogens with one attached hydrogen (secondary N) is 1. The average molecular weight is 462 g/mol. The summed E-state index contributed by atoms with van der Waals surface area (Å²) in [6, 6.07) is 19.2. The number of carbonyl (C=O) groups is 2. The SMILES string of the molecule is O=C(O)CCCCC(=O)SCC(COc1ccccc1)OC(=S)NCc1ccccc1. The van der Waals surface area contributed by atoms with Gasteiger partial charge in [-0.2, -0.15) is 0 Å². The van der Waals surface area contributed by atoms with Gasteiger partial charge in [-0.1, -0.05) is 60.3 Å². The molecule has 0 saturated carbocycles. The van der Waals surface area contributed by atoms with E-state index >= 15 is 0 Å². The first-order valence-corrected chi connectivity index (χ1v) is 11.5. The van der Waals surface area contributed by atoms with Crippen LogP contribution in [0.2, 0.25) is 0 Å². The molecule has 31 heavy (non-hydrogen) atoms. The maximum atomic E-state index is 12.1. The molecular weight excluding hydrogens is 434 g/mol. The fraction of sp³-hybridized carbons (Fsp3) is 0.348. The number of ether oxygens (including phenoxy) is 2. The average Bonchev–Trinajstić information content (AvgIpc) is 2.78. The van der Waals surface area contributed by atoms with E-state index in [9.17, 15) is 9.59 Å². The highest BCUT2D eigenvalue weighted by Crippen LogP contribution is 2.15. The first kappa shape index (κ1) is 24.7. The van der Waals surface area contributed by atoms with Gasteiger partial charge in [-0.15, -0.1) is 0 Å². The fourth-order valence-electron chi connectivity index (χ4n) is 2.59. The second kappa shape index (κ2) is 14.4. The lowest BCUT2D eigenvalue weighted by atomic mass is 10.2. The van der Waals surface area contributed by atoms with Gasteiger partial charge in [0.05, 0.1) is 0 Å². The Balaban J connectivity index is 1.81. The Hall–Kier alpha value is -2.58. The number of unbranched alkanes of at least 4 members (excludes halogenated alkanes) is 1. The third-order valence-corrected chi connectivity index (χ3v) is 5.49. The van der Waals surface area contributed by atoms with E-state index in [1.54, 1.807) is 0 Å². The van der Waals surface area contributed by atoms with Crippen LogP contribution >= 0.6 is 24.0 Å². The smallest absolute Gasteiger partial charge is 0.303 e. The van der Waals surface area contributed by atoms with Gasteiger partial charge in [-0.25, -0.2) is 0 Å². The summed E-state index contributed by atoms with van der Waals surface area (Å²) in [6.45, 7) is 0.790. The summed E-state index contributed by atoms with van der Waals surface area (Å²) in [7, 11) is 0. The van der Waals surface area contributed by atoms with Crippen molar-refractivity contribution in [2.45, 2.75) is 38.3 Å². The molecule has 0 aliphatic carbocycles. The van der Waals surface area contributed by atoms with Gasteiger partial charge in [0.2, 0.25) is 0 Å². The van der Waals surface area contributed by atoms with Crippen LogP contribution in [0, 0.1) is 0 Å². The molecule has 0 spiro atoms. The third kappa shape index (κ3) is 11.4. The van der Waals surface area contributed by atoms with Gasteiger partial charge in [0.1, 0.15) is 18.5 Å². The van der Waals surface area contributed by atoms with Gasteiger partial charge in [0.25, 0.3) is 5.17 Å². The second-order valence-electron chi connectivity index (χ2n) is 6.77. The van der Waals surface area contributed by atoms with Crippen molar-refractivity contribution in [2.75, 3.05) is 12.4 Å². The maximum Gasteiger partial charge on any atom is 0.303 e. The molecule has 1 atom stereocenters. The van der Waals surface area contributed by atoms with Crippen molar-refractivity contribution in [3.05, 3.63) is 66.2 Å². The van der Waals surface area contributed by atoms with Gasteiger partial charge in [0, 0.05) is 25.1 Å². The quantitative estimate of drug-likeness (QED) is 0.335. The third-order valence-electron chi connectivity index (χ3n) is 4.18. The zero-order chi connectivity index (χ0) is 22.3. The number of thiocarbonyl (C=S) groups is 1. The topological polar surface area (TPSA) is 84.9 Å². The van der Waals surface area contributed by atoms with Gasteiger partial charge in [-0.05, 0) is 42.8 Å². The largest absolute Gasteiger partial charge is 0.490 e. The summed E-state index contributed by atoms with van der Waals surface area (Å²) < 4.78 is 11.6. The predicted octanol–water partition coefficient (Wildman–Crippen LogP) is 4.43. The van der Waals surface area contributed by atoms with Crippen LogP contribution < -0.4 is 10.1 Å². The number of benzene rings is 2. The van der Waals surface area contributed by atoms with Crippen molar-refractivity contribution in [3.8, 4) is 5.75 Å². The zero-order valence-electron chi connectivity index (χ0n) is 17.2. The van der Waals surface area contributed by atoms with Crippen LogP contribution in [0.25, 0.3) is 0 Å². The standard InChI is InChI=1S/C23H27NO5S2/c25-21(26)13-7-8-14-22(27)31-17-20(16-28-19-11-5-2-6-12-19)29-23(30)24-15-18-9-3-1-4-10-18/h1-6,9-12,20H,7-8,13-17H2,(H,24,30)(H,25,26). The summed E-state index contributed by atoms with van der Waals surface area (Å²) in [5.41, 5.74) is 1.08. The molecule has 0 aromatic heterocycles. The zero-order valence-corrected chi connectivity index (χ0v) is 18.8. The highest BCUT2D eigenvalue weighted by atomic mass is 32.2. The number of para-hydroxylation sites is 1. The summed E-state index contributed by atoms with van der Waals surface area (Å²) in [4.78, 5) is 22.7. The lowest BCUT2D eigenvalue weighted by Gasteiger charge is -2.20. The van der Waals surface area contributed by atoms with E-state index < -0.39 is 12.1 Å². The number of carboxylic acids is 1. The molecule has 2 aromatic carbocycles. The van der Waals surface area contributed by atoms with Crippen molar-refractivity contribution in [2.24, 2.45) is 0 Å². The summed E-state index contributed by atoms with van der Waals surface area (Å²) in [6.07, 6.45) is 1.05. The molecule has 0 amide bonds. The first-order chi connectivity index (χ1) is 15.0. The molecule has 0 bridgehead atoms. The normalized spacial score (nSPS) is 11.4. The molecule has 1 unspecified atom stereocenters. The van der Waals surface area contributed by atoms with Gasteiger partial charge in [0.15, 0.2) is 5.12 Å². The van der Waals surface area contributed by atoms with Crippen LogP contribution in [-0.4, -0.2) is 39.8 Å². The number of carbonyl (C=O) groups excluding carboxylic acids is 1. The van der Waals surface area contributed by atoms with Crippen LogP contribution in [0.15, 0.2) is 60.7 Å². The van der Waals surface area contributed by atoms with Crippen LogP contribution in [-0.2, 0) is 20.9 Å². The number of carboxylic acid groups (broad SMARTS) is 1. The molecule has 0 aliphatic heterocycles. The monoisotopic (exact) mass is 461 g/mol. The van der Waals surface area contributed by atoms with Gasteiger partial charge in [-0.3, -0.25) is 9.59 Å². The number of hydrogen-bond acceptors (Lipinski definition) is 6. The van der Waals surface area contributed by atoms with Gasteiger partial charge < -0.3 is 19.9 Å². The number of thioether (sulfide) groups is 1. The minimum Gasteiger partial charge on any atom is -0.490 e. The highest BCUT2D eigenvalue weighted by Gasteiger charge is 2.16. The van der Waals surface area contributed by atoms with Crippen LogP contribution in [0.1, 0.15) is 31.2 Å². The van der Waals surface area contributed by atoms with E-state index in [0.29, 0.717) is 37.3 Å². The Morgan fingerprint density at radius 3 is 2.32 bits per heavy atom. The van der Waals surface area contributed by atoms with E-state index in [2.05, 4.69) is 5.32 Å². The highest BCUT2D eigenvalue weighted by molar-refractivity contribution is 8.13. The van der Waals surface area contributed by atoms with Crippen molar-refractivity contribution in [3.63, 3.8) is 0 Å². The number of rotatable bonds is 13. The van der Waals surface area contributed by atoms with Crippen LogP contribution in [0.4, 0.5) is 0 Å². The van der Waals surface area contributed by atoms with Crippen molar-refractivity contribution >= 4 is 40.2 Å². The first-order valence-electron chi connectivity index (χ1n) is 10.1. The van der Waals surface area contributed by atoms with Crippen LogP contribution in [0.3, 0.4) is 0 Å². The Morgan fingerprint density at radius 2 is 1.65 bits per heavy atom. The number of hydrogen-bond donors (Lipinski definition) is 2. The minimum atomic E-state index is -0.844. The molecule has 2 rings (SSSR count). The molecule has 0 aliphatic rings. The maximum absolute atomic E-state index is 12.1. The predicted molar refractivity (Wildman–Crippen MR) is 126 cm³/mol. The Morgan fingerprint density at radius 1 is 1.00 bits per heavy atom. The van der Waals surface area contributed by atoms with E-state index in [4.69, 9.17) is 26.8 Å². The molecule has 6 nitrogen and oxygen atoms in total. The van der Waals surface area contributed by atoms with Crippen molar-refractivity contribution in [1.29, 1.82) is 0 Å². The second-order valence-corrected chi connectivity index (χ2v) is 8.22. The molecule has 166 valence electrons. The summed E-state index contributed by atoms with van der Waals surface area (Å²) in [5, 5.41) is 12.0. The van der Waals surface area contributed by atoms with Crippen LogP contribution in [0.5, 0.6) is 5.75 Å².